The first-order valence-electron chi connectivity index (χ1n) is 5.68. The van der Waals surface area contributed by atoms with Crippen molar-refractivity contribution in [2.24, 2.45) is 0 Å². The molecule has 2 aromatic carbocycles. The van der Waals surface area contributed by atoms with Gasteiger partial charge in [-0.2, -0.15) is 0 Å². The second-order valence-electron chi connectivity index (χ2n) is 4.13. The van der Waals surface area contributed by atoms with E-state index in [1.165, 1.54) is 0 Å². The van der Waals surface area contributed by atoms with Crippen LogP contribution in [0.2, 0.25) is 0 Å². The highest BCUT2D eigenvalue weighted by Gasteiger charge is 2.12. The minimum atomic E-state index is -3.42. The SMILES string of the molecule is Cc1cccc(CNS(=O)(=O)c2ccccc2)c1. The third-order valence-electron chi connectivity index (χ3n) is 2.60. The van der Waals surface area contributed by atoms with Crippen LogP contribution in [-0.2, 0) is 16.6 Å². The van der Waals surface area contributed by atoms with Gasteiger partial charge in [0.25, 0.3) is 0 Å². The highest BCUT2D eigenvalue weighted by molar-refractivity contribution is 7.89. The van der Waals surface area contributed by atoms with Gasteiger partial charge in [0, 0.05) is 6.54 Å². The van der Waals surface area contributed by atoms with Crippen molar-refractivity contribution in [3.05, 3.63) is 65.7 Å². The maximum absolute atomic E-state index is 12.0. The smallest absolute Gasteiger partial charge is 0.207 e. The van der Waals surface area contributed by atoms with E-state index < -0.39 is 10.0 Å². The number of sulfonamides is 1. The monoisotopic (exact) mass is 261 g/mol. The van der Waals surface area contributed by atoms with Crippen LogP contribution in [-0.4, -0.2) is 8.42 Å². The van der Waals surface area contributed by atoms with Crippen molar-refractivity contribution in [2.45, 2.75) is 18.4 Å². The molecule has 2 aromatic rings. The van der Waals surface area contributed by atoms with Crippen LogP contribution in [0.25, 0.3) is 0 Å². The normalized spacial score (nSPS) is 11.4. The lowest BCUT2D eigenvalue weighted by Gasteiger charge is -2.07. The van der Waals surface area contributed by atoms with Crippen LogP contribution >= 0.6 is 0 Å². The molecule has 0 amide bonds. The molecule has 4 heteroatoms. The van der Waals surface area contributed by atoms with Crippen molar-refractivity contribution in [2.75, 3.05) is 0 Å². The van der Waals surface area contributed by atoms with Gasteiger partial charge in [-0.15, -0.1) is 0 Å². The van der Waals surface area contributed by atoms with E-state index in [0.29, 0.717) is 6.54 Å². The Kier molecular flexibility index (Phi) is 3.79. The summed E-state index contributed by atoms with van der Waals surface area (Å²) in [7, 11) is -3.42. The third kappa shape index (κ3) is 3.18. The van der Waals surface area contributed by atoms with Crippen LogP contribution in [0, 0.1) is 6.92 Å². The lowest BCUT2D eigenvalue weighted by Crippen LogP contribution is -2.23. The summed E-state index contributed by atoms with van der Waals surface area (Å²) in [6, 6.07) is 16.1. The van der Waals surface area contributed by atoms with Crippen LogP contribution < -0.4 is 4.72 Å². The Morgan fingerprint density at radius 2 is 1.72 bits per heavy atom. The second kappa shape index (κ2) is 5.33. The van der Waals surface area contributed by atoms with E-state index in [1.54, 1.807) is 30.3 Å². The molecular formula is C14H15NO2S. The fourth-order valence-electron chi connectivity index (χ4n) is 1.68. The molecule has 0 unspecified atom stereocenters. The van der Waals surface area contributed by atoms with Crippen molar-refractivity contribution >= 4 is 10.0 Å². The van der Waals surface area contributed by atoms with E-state index in [0.717, 1.165) is 11.1 Å². The quantitative estimate of drug-likeness (QED) is 0.919. The summed E-state index contributed by atoms with van der Waals surface area (Å²) in [5.41, 5.74) is 2.07. The molecular weight excluding hydrogens is 246 g/mol. The Labute approximate surface area is 108 Å². The second-order valence-corrected chi connectivity index (χ2v) is 5.89. The van der Waals surface area contributed by atoms with E-state index in [4.69, 9.17) is 0 Å². The summed E-state index contributed by atoms with van der Waals surface area (Å²) >= 11 is 0. The van der Waals surface area contributed by atoms with Gasteiger partial charge in [0.15, 0.2) is 0 Å². The molecule has 0 heterocycles. The van der Waals surface area contributed by atoms with Crippen molar-refractivity contribution < 1.29 is 8.42 Å². The third-order valence-corrected chi connectivity index (χ3v) is 4.02. The summed E-state index contributed by atoms with van der Waals surface area (Å²) in [5, 5.41) is 0. The van der Waals surface area contributed by atoms with Crippen molar-refractivity contribution in [1.82, 2.24) is 4.72 Å². The first-order valence-corrected chi connectivity index (χ1v) is 7.16. The average molecular weight is 261 g/mol. The van der Waals surface area contributed by atoms with E-state index in [1.807, 2.05) is 31.2 Å². The Morgan fingerprint density at radius 1 is 1.00 bits per heavy atom. The molecule has 0 fully saturated rings. The van der Waals surface area contributed by atoms with Gasteiger partial charge >= 0.3 is 0 Å². The summed E-state index contributed by atoms with van der Waals surface area (Å²) in [6.45, 7) is 2.29. The fourth-order valence-corrected chi connectivity index (χ4v) is 2.72. The Morgan fingerprint density at radius 3 is 2.39 bits per heavy atom. The number of hydrogen-bond acceptors (Lipinski definition) is 2. The maximum atomic E-state index is 12.0. The van der Waals surface area contributed by atoms with E-state index in [-0.39, 0.29) is 4.90 Å². The lowest BCUT2D eigenvalue weighted by atomic mass is 10.1. The predicted octanol–water partition coefficient (Wildman–Crippen LogP) is 2.47. The van der Waals surface area contributed by atoms with E-state index in [2.05, 4.69) is 4.72 Å². The zero-order valence-electron chi connectivity index (χ0n) is 10.1. The van der Waals surface area contributed by atoms with Crippen LogP contribution in [0.15, 0.2) is 59.5 Å². The summed E-state index contributed by atoms with van der Waals surface area (Å²) in [5.74, 6) is 0. The van der Waals surface area contributed by atoms with E-state index in [9.17, 15) is 8.42 Å². The van der Waals surface area contributed by atoms with E-state index >= 15 is 0 Å². The molecule has 2 rings (SSSR count). The molecule has 0 saturated carbocycles. The Hall–Kier alpha value is -1.65. The van der Waals surface area contributed by atoms with Crippen molar-refractivity contribution in [3.8, 4) is 0 Å². The minimum absolute atomic E-state index is 0.289. The van der Waals surface area contributed by atoms with Crippen LogP contribution in [0.1, 0.15) is 11.1 Å². The predicted molar refractivity (Wildman–Crippen MR) is 71.6 cm³/mol. The summed E-state index contributed by atoms with van der Waals surface area (Å²) < 4.78 is 26.5. The summed E-state index contributed by atoms with van der Waals surface area (Å²) in [4.78, 5) is 0.289. The fraction of sp³-hybridized carbons (Fsp3) is 0.143. The topological polar surface area (TPSA) is 46.2 Å². The molecule has 0 atom stereocenters. The molecule has 94 valence electrons. The van der Waals surface area contributed by atoms with Crippen LogP contribution in [0.4, 0.5) is 0 Å². The number of benzene rings is 2. The number of rotatable bonds is 4. The highest BCUT2D eigenvalue weighted by Crippen LogP contribution is 2.09. The number of nitrogens with one attached hydrogen (secondary N) is 1. The van der Waals surface area contributed by atoms with Gasteiger partial charge in [-0.3, -0.25) is 0 Å². The minimum Gasteiger partial charge on any atom is -0.207 e. The largest absolute Gasteiger partial charge is 0.240 e. The van der Waals surface area contributed by atoms with Gasteiger partial charge < -0.3 is 0 Å². The first kappa shape index (κ1) is 12.8. The van der Waals surface area contributed by atoms with Crippen molar-refractivity contribution in [1.29, 1.82) is 0 Å². The average Bonchev–Trinajstić information content (AvgIpc) is 2.38. The standard InChI is InChI=1S/C14H15NO2S/c1-12-6-5-7-13(10-12)11-15-18(16,17)14-8-3-2-4-9-14/h2-10,15H,11H2,1H3. The molecule has 18 heavy (non-hydrogen) atoms. The molecule has 0 spiro atoms. The molecule has 1 N–H and O–H groups in total. The summed E-state index contributed by atoms with van der Waals surface area (Å²) in [6.07, 6.45) is 0. The molecule has 0 aliphatic rings. The van der Waals surface area contributed by atoms with Gasteiger partial charge in [0.05, 0.1) is 4.90 Å². The van der Waals surface area contributed by atoms with Crippen LogP contribution in [0.5, 0.6) is 0 Å². The van der Waals surface area contributed by atoms with Gasteiger partial charge in [0.1, 0.15) is 0 Å². The molecule has 3 nitrogen and oxygen atoms in total. The maximum Gasteiger partial charge on any atom is 0.240 e. The van der Waals surface area contributed by atoms with Gasteiger partial charge in [-0.25, -0.2) is 13.1 Å². The van der Waals surface area contributed by atoms with Crippen molar-refractivity contribution in [3.63, 3.8) is 0 Å². The van der Waals surface area contributed by atoms with Gasteiger partial charge in [-0.1, -0.05) is 48.0 Å². The van der Waals surface area contributed by atoms with Crippen LogP contribution in [0.3, 0.4) is 0 Å². The molecule has 0 aliphatic heterocycles. The first-order chi connectivity index (χ1) is 8.58. The van der Waals surface area contributed by atoms with Gasteiger partial charge in [-0.05, 0) is 24.6 Å². The highest BCUT2D eigenvalue weighted by atomic mass is 32.2. The zero-order valence-corrected chi connectivity index (χ0v) is 10.9. The zero-order chi connectivity index (χ0) is 13.0. The Balaban J connectivity index is 2.11. The molecule has 0 aliphatic carbocycles. The Bertz CT molecular complexity index is 621. The number of aryl methyl sites for hydroxylation is 1. The molecule has 0 saturated heterocycles. The number of hydrogen-bond donors (Lipinski definition) is 1. The van der Waals surface area contributed by atoms with Gasteiger partial charge in [0.2, 0.25) is 10.0 Å². The molecule has 0 aromatic heterocycles. The molecule has 0 radical (unpaired) electrons. The molecule has 0 bridgehead atoms. The lowest BCUT2D eigenvalue weighted by molar-refractivity contribution is 0.581.